The molecule has 0 fully saturated rings. The molecule has 0 radical (unpaired) electrons. The monoisotopic (exact) mass is 420 g/mol. The van der Waals surface area contributed by atoms with Gasteiger partial charge >= 0.3 is 0 Å². The van der Waals surface area contributed by atoms with E-state index in [1.165, 1.54) is 10.6 Å². The first kappa shape index (κ1) is 22.3. The highest BCUT2D eigenvalue weighted by atomic mass is 32.2. The number of hydrogen-bond donors (Lipinski definition) is 1. The number of hydrogen-bond acceptors (Lipinski definition) is 4. The molecular weight excluding hydrogens is 392 g/mol. The molecule has 2 aromatic carbocycles. The Hall–Kier alpha value is -1.99. The van der Waals surface area contributed by atoms with E-state index in [0.717, 1.165) is 27.5 Å². The largest absolute Gasteiger partial charge is 0.325 e. The number of carbonyl (C=O) groups is 1. The van der Waals surface area contributed by atoms with Gasteiger partial charge in [-0.05, 0) is 55.3 Å². The minimum atomic E-state index is -3.43. The highest BCUT2D eigenvalue weighted by molar-refractivity contribution is 7.99. The van der Waals surface area contributed by atoms with Crippen LogP contribution >= 0.6 is 11.8 Å². The Morgan fingerprint density at radius 2 is 1.82 bits per heavy atom. The maximum atomic E-state index is 12.4. The average molecular weight is 421 g/mol. The fraction of sp³-hybridized carbons (Fsp3) is 0.381. The molecule has 5 nitrogen and oxygen atoms in total. The van der Waals surface area contributed by atoms with Gasteiger partial charge < -0.3 is 5.32 Å². The summed E-state index contributed by atoms with van der Waals surface area (Å²) < 4.78 is 26.0. The second kappa shape index (κ2) is 9.98. The van der Waals surface area contributed by atoms with Crippen molar-refractivity contribution in [1.82, 2.24) is 0 Å². The van der Waals surface area contributed by atoms with Crippen molar-refractivity contribution in [3.8, 4) is 0 Å². The number of aryl methyl sites for hydroxylation is 1. The number of thioether (sulfide) groups is 1. The highest BCUT2D eigenvalue weighted by Gasteiger charge is 2.20. The third kappa shape index (κ3) is 6.01. The van der Waals surface area contributed by atoms with Crippen molar-refractivity contribution in [3.63, 3.8) is 0 Å². The van der Waals surface area contributed by atoms with Crippen LogP contribution in [0.1, 0.15) is 30.9 Å². The minimum Gasteiger partial charge on any atom is -0.325 e. The summed E-state index contributed by atoms with van der Waals surface area (Å²) >= 11 is 1.67. The lowest BCUT2D eigenvalue weighted by molar-refractivity contribution is -0.116. The molecule has 0 heterocycles. The highest BCUT2D eigenvalue weighted by Crippen LogP contribution is 2.27. The third-order valence-corrected chi connectivity index (χ3v) is 6.61. The lowest BCUT2D eigenvalue weighted by atomic mass is 10.1. The Bertz CT molecular complexity index is 927. The van der Waals surface area contributed by atoms with E-state index in [2.05, 4.69) is 12.2 Å². The summed E-state index contributed by atoms with van der Waals surface area (Å²) in [7, 11) is -3.43. The van der Waals surface area contributed by atoms with E-state index in [4.69, 9.17) is 0 Å². The van der Waals surface area contributed by atoms with Crippen LogP contribution in [0.4, 0.5) is 11.4 Å². The summed E-state index contributed by atoms with van der Waals surface area (Å²) in [5.74, 6) is 0.810. The zero-order chi connectivity index (χ0) is 20.7. The van der Waals surface area contributed by atoms with Crippen molar-refractivity contribution in [2.45, 2.75) is 38.5 Å². The Balaban J connectivity index is 2.03. The van der Waals surface area contributed by atoms with Crippen LogP contribution in [-0.2, 0) is 14.8 Å². The van der Waals surface area contributed by atoms with E-state index in [0.29, 0.717) is 12.1 Å². The van der Waals surface area contributed by atoms with E-state index in [9.17, 15) is 13.2 Å². The molecule has 0 atom stereocenters. The standard InChI is InChI=1S/C21H28N2O3S2/c1-5-27-20-13-7-6-11-18(20)22-21(24)14-9-15-23(28(4,25)26)19-12-8-10-16(2)17(19)3/h6-8,10-13H,5,9,14-15H2,1-4H3,(H,22,24). The summed E-state index contributed by atoms with van der Waals surface area (Å²) in [5, 5.41) is 2.94. The zero-order valence-electron chi connectivity index (χ0n) is 16.9. The summed E-state index contributed by atoms with van der Waals surface area (Å²) in [6.07, 6.45) is 1.89. The Labute approximate surface area is 172 Å². The minimum absolute atomic E-state index is 0.112. The van der Waals surface area contributed by atoms with Gasteiger partial charge in [0.15, 0.2) is 0 Å². The zero-order valence-corrected chi connectivity index (χ0v) is 18.5. The number of anilines is 2. The second-order valence-corrected chi connectivity index (χ2v) is 9.85. The van der Waals surface area contributed by atoms with Gasteiger partial charge in [-0.25, -0.2) is 8.42 Å². The van der Waals surface area contributed by atoms with E-state index >= 15 is 0 Å². The number of carbonyl (C=O) groups excluding carboxylic acids is 1. The fourth-order valence-electron chi connectivity index (χ4n) is 2.92. The first-order valence-electron chi connectivity index (χ1n) is 9.29. The molecule has 0 aliphatic carbocycles. The molecule has 0 aliphatic rings. The van der Waals surface area contributed by atoms with Crippen molar-refractivity contribution in [3.05, 3.63) is 53.6 Å². The molecule has 7 heteroatoms. The molecular formula is C21H28N2O3S2. The summed E-state index contributed by atoms with van der Waals surface area (Å²) in [6, 6.07) is 13.3. The quantitative estimate of drug-likeness (QED) is 0.602. The molecule has 1 N–H and O–H groups in total. The van der Waals surface area contributed by atoms with Gasteiger partial charge in [-0.2, -0.15) is 0 Å². The van der Waals surface area contributed by atoms with Crippen LogP contribution in [0.2, 0.25) is 0 Å². The first-order chi connectivity index (χ1) is 13.2. The number of nitrogens with zero attached hydrogens (tertiary/aromatic N) is 1. The van der Waals surface area contributed by atoms with Gasteiger partial charge in [-0.15, -0.1) is 11.8 Å². The maximum Gasteiger partial charge on any atom is 0.232 e. The molecule has 0 spiro atoms. The van der Waals surface area contributed by atoms with Crippen LogP contribution in [0.5, 0.6) is 0 Å². The number of nitrogens with one attached hydrogen (secondary N) is 1. The van der Waals surface area contributed by atoms with Crippen LogP contribution in [0, 0.1) is 13.8 Å². The number of rotatable bonds is 9. The topological polar surface area (TPSA) is 66.5 Å². The summed E-state index contributed by atoms with van der Waals surface area (Å²) in [6.45, 7) is 6.20. The summed E-state index contributed by atoms with van der Waals surface area (Å²) in [4.78, 5) is 13.4. The number of para-hydroxylation sites is 1. The van der Waals surface area contributed by atoms with Gasteiger partial charge in [-0.3, -0.25) is 9.10 Å². The number of amides is 1. The van der Waals surface area contributed by atoms with Gasteiger partial charge in [0.2, 0.25) is 15.9 Å². The van der Waals surface area contributed by atoms with Crippen LogP contribution < -0.4 is 9.62 Å². The number of benzene rings is 2. The van der Waals surface area contributed by atoms with Crippen LogP contribution in [0.3, 0.4) is 0 Å². The third-order valence-electron chi connectivity index (χ3n) is 4.47. The molecule has 0 bridgehead atoms. The summed E-state index contributed by atoms with van der Waals surface area (Å²) in [5.41, 5.74) is 3.44. The molecule has 2 aromatic rings. The molecule has 0 aliphatic heterocycles. The van der Waals surface area contributed by atoms with Crippen molar-refractivity contribution in [2.24, 2.45) is 0 Å². The smallest absolute Gasteiger partial charge is 0.232 e. The van der Waals surface area contributed by atoms with Crippen LogP contribution in [0.25, 0.3) is 0 Å². The van der Waals surface area contributed by atoms with Gasteiger partial charge in [0.05, 0.1) is 17.6 Å². The predicted molar refractivity (Wildman–Crippen MR) is 119 cm³/mol. The van der Waals surface area contributed by atoms with E-state index in [1.54, 1.807) is 11.8 Å². The van der Waals surface area contributed by atoms with Gasteiger partial charge in [0.25, 0.3) is 0 Å². The SMILES string of the molecule is CCSc1ccccc1NC(=O)CCCN(c1cccc(C)c1C)S(C)(=O)=O. The van der Waals surface area contributed by atoms with E-state index in [-0.39, 0.29) is 18.9 Å². The lowest BCUT2D eigenvalue weighted by Crippen LogP contribution is -2.32. The average Bonchev–Trinajstić information content (AvgIpc) is 2.62. The van der Waals surface area contributed by atoms with Crippen LogP contribution in [-0.4, -0.2) is 32.9 Å². The van der Waals surface area contributed by atoms with E-state index < -0.39 is 10.0 Å². The van der Waals surface area contributed by atoms with Gasteiger partial charge in [-0.1, -0.05) is 31.2 Å². The Kier molecular flexibility index (Phi) is 7.95. The van der Waals surface area contributed by atoms with E-state index in [1.807, 2.05) is 56.3 Å². The fourth-order valence-corrected chi connectivity index (χ4v) is 4.69. The predicted octanol–water partition coefficient (Wildman–Crippen LogP) is 4.60. The molecule has 152 valence electrons. The molecule has 0 aromatic heterocycles. The molecule has 2 rings (SSSR count). The molecule has 0 unspecified atom stereocenters. The molecule has 28 heavy (non-hydrogen) atoms. The number of sulfonamides is 1. The second-order valence-electron chi connectivity index (χ2n) is 6.64. The molecule has 1 amide bonds. The van der Waals surface area contributed by atoms with Gasteiger partial charge in [0.1, 0.15) is 0 Å². The van der Waals surface area contributed by atoms with Crippen molar-refractivity contribution in [1.29, 1.82) is 0 Å². The van der Waals surface area contributed by atoms with Crippen LogP contribution in [0.15, 0.2) is 47.4 Å². The Morgan fingerprint density at radius 3 is 2.50 bits per heavy atom. The first-order valence-corrected chi connectivity index (χ1v) is 12.1. The van der Waals surface area contributed by atoms with Crippen molar-refractivity contribution in [2.75, 3.05) is 28.2 Å². The van der Waals surface area contributed by atoms with Crippen molar-refractivity contribution >= 4 is 39.1 Å². The van der Waals surface area contributed by atoms with Crippen molar-refractivity contribution < 1.29 is 13.2 Å². The lowest BCUT2D eigenvalue weighted by Gasteiger charge is -2.25. The maximum absolute atomic E-state index is 12.4. The Morgan fingerprint density at radius 1 is 1.11 bits per heavy atom. The van der Waals surface area contributed by atoms with Gasteiger partial charge in [0, 0.05) is 17.9 Å². The molecule has 0 saturated heterocycles. The normalized spacial score (nSPS) is 11.3. The molecule has 0 saturated carbocycles.